The highest BCUT2D eigenvalue weighted by Gasteiger charge is 2.34. The molecular weight excluding hydrogens is 381 g/mol. The molecule has 0 saturated carbocycles. The van der Waals surface area contributed by atoms with Crippen LogP contribution in [0.25, 0.3) is 0 Å². The Morgan fingerprint density at radius 2 is 1.91 bits per heavy atom. The highest BCUT2D eigenvalue weighted by Crippen LogP contribution is 2.36. The number of nitrogens with one attached hydrogen (secondary N) is 2. The fourth-order valence-electron chi connectivity index (χ4n) is 2.02. The monoisotopic (exact) mass is 396 g/mol. The summed E-state index contributed by atoms with van der Waals surface area (Å²) in [6.45, 7) is 3.08. The summed E-state index contributed by atoms with van der Waals surface area (Å²) in [6, 6.07) is 2.94. The van der Waals surface area contributed by atoms with Gasteiger partial charge in [-0.2, -0.15) is 13.2 Å². The van der Waals surface area contributed by atoms with Gasteiger partial charge in [0.25, 0.3) is 0 Å². The fraction of sp³-hybridized carbons (Fsp3) is 0.429. The number of alkyl halides is 3. The van der Waals surface area contributed by atoms with Gasteiger partial charge in [-0.25, -0.2) is 4.79 Å². The van der Waals surface area contributed by atoms with Gasteiger partial charge in [-0.15, -0.1) is 0 Å². The summed E-state index contributed by atoms with van der Waals surface area (Å²) in [7, 11) is 0. The average Bonchev–Trinajstić information content (AvgIpc) is 2.38. The SMILES string of the molecule is CC(CC(C)C(=O)Nc1ccc(Br)cc1C(F)(F)F)NC(=O)O. The predicted octanol–water partition coefficient (Wildman–Crippen LogP) is 4.09. The van der Waals surface area contributed by atoms with E-state index in [4.69, 9.17) is 5.11 Å². The number of carbonyl (C=O) groups excluding carboxylic acids is 1. The van der Waals surface area contributed by atoms with E-state index in [0.717, 1.165) is 12.1 Å². The highest BCUT2D eigenvalue weighted by molar-refractivity contribution is 9.10. The van der Waals surface area contributed by atoms with Crippen molar-refractivity contribution in [3.63, 3.8) is 0 Å². The van der Waals surface area contributed by atoms with Crippen LogP contribution in [-0.4, -0.2) is 23.1 Å². The molecule has 9 heteroatoms. The predicted molar refractivity (Wildman–Crippen MR) is 82.2 cm³/mol. The van der Waals surface area contributed by atoms with E-state index in [1.807, 2.05) is 0 Å². The number of hydrogen-bond donors (Lipinski definition) is 3. The maximum Gasteiger partial charge on any atom is 0.418 e. The normalized spacial score (nSPS) is 14.0. The number of benzene rings is 1. The van der Waals surface area contributed by atoms with E-state index in [-0.39, 0.29) is 16.6 Å². The van der Waals surface area contributed by atoms with Crippen LogP contribution in [-0.2, 0) is 11.0 Å². The molecule has 0 heterocycles. The van der Waals surface area contributed by atoms with Crippen LogP contribution < -0.4 is 10.6 Å². The minimum atomic E-state index is -4.60. The van der Waals surface area contributed by atoms with Gasteiger partial charge >= 0.3 is 12.3 Å². The Morgan fingerprint density at radius 3 is 2.43 bits per heavy atom. The number of halogens is 4. The highest BCUT2D eigenvalue weighted by atomic mass is 79.9. The van der Waals surface area contributed by atoms with Crippen molar-refractivity contribution in [1.82, 2.24) is 5.32 Å². The molecule has 23 heavy (non-hydrogen) atoms. The molecular formula is C14H16BrF3N2O3. The first-order valence-electron chi connectivity index (χ1n) is 6.67. The van der Waals surface area contributed by atoms with Crippen molar-refractivity contribution in [2.24, 2.45) is 5.92 Å². The molecule has 128 valence electrons. The molecule has 3 N–H and O–H groups in total. The Kier molecular flexibility index (Phi) is 6.43. The van der Waals surface area contributed by atoms with Gasteiger partial charge in [0.2, 0.25) is 5.91 Å². The van der Waals surface area contributed by atoms with Gasteiger partial charge in [-0.1, -0.05) is 22.9 Å². The van der Waals surface area contributed by atoms with Gasteiger partial charge in [-0.05, 0) is 31.5 Å². The number of rotatable bonds is 5. The van der Waals surface area contributed by atoms with E-state index in [1.165, 1.54) is 13.0 Å². The lowest BCUT2D eigenvalue weighted by Gasteiger charge is -2.19. The molecule has 0 radical (unpaired) electrons. The van der Waals surface area contributed by atoms with Crippen LogP contribution in [0.2, 0.25) is 0 Å². The van der Waals surface area contributed by atoms with Crippen molar-refractivity contribution < 1.29 is 27.9 Å². The van der Waals surface area contributed by atoms with E-state index in [0.29, 0.717) is 0 Å². The molecule has 0 bridgehead atoms. The summed E-state index contributed by atoms with van der Waals surface area (Å²) in [5.41, 5.74) is -1.29. The molecule has 2 amide bonds. The van der Waals surface area contributed by atoms with E-state index in [9.17, 15) is 22.8 Å². The summed E-state index contributed by atoms with van der Waals surface area (Å²) in [4.78, 5) is 22.5. The molecule has 0 saturated heterocycles. The Hall–Kier alpha value is -1.77. The molecule has 1 aromatic rings. The largest absolute Gasteiger partial charge is 0.465 e. The van der Waals surface area contributed by atoms with Crippen molar-refractivity contribution in [3.8, 4) is 0 Å². The zero-order valence-corrected chi connectivity index (χ0v) is 14.0. The molecule has 0 aliphatic heterocycles. The molecule has 0 aromatic heterocycles. The van der Waals surface area contributed by atoms with Crippen LogP contribution in [0.4, 0.5) is 23.7 Å². The molecule has 0 spiro atoms. The second-order valence-electron chi connectivity index (χ2n) is 5.16. The van der Waals surface area contributed by atoms with Crippen LogP contribution in [0.1, 0.15) is 25.8 Å². The van der Waals surface area contributed by atoms with E-state index >= 15 is 0 Å². The lowest BCUT2D eigenvalue weighted by molar-refractivity contribution is -0.137. The van der Waals surface area contributed by atoms with Crippen molar-refractivity contribution in [2.45, 2.75) is 32.5 Å². The third kappa shape index (κ3) is 6.09. The maximum absolute atomic E-state index is 13.0. The van der Waals surface area contributed by atoms with E-state index < -0.39 is 35.7 Å². The van der Waals surface area contributed by atoms with E-state index in [1.54, 1.807) is 6.92 Å². The summed E-state index contributed by atoms with van der Waals surface area (Å²) < 4.78 is 39.2. The molecule has 1 aromatic carbocycles. The number of carboxylic acid groups (broad SMARTS) is 1. The maximum atomic E-state index is 13.0. The van der Waals surface area contributed by atoms with Crippen LogP contribution in [0.3, 0.4) is 0 Å². The lowest BCUT2D eigenvalue weighted by atomic mass is 10.0. The number of anilines is 1. The van der Waals surface area contributed by atoms with Gasteiger partial charge in [0.1, 0.15) is 0 Å². The number of hydrogen-bond acceptors (Lipinski definition) is 2. The topological polar surface area (TPSA) is 78.4 Å². The second-order valence-corrected chi connectivity index (χ2v) is 6.08. The molecule has 1 rings (SSSR count). The Morgan fingerprint density at radius 1 is 1.30 bits per heavy atom. The van der Waals surface area contributed by atoms with Crippen LogP contribution in [0, 0.1) is 5.92 Å². The lowest BCUT2D eigenvalue weighted by Crippen LogP contribution is -2.35. The van der Waals surface area contributed by atoms with Gasteiger partial charge in [0.05, 0.1) is 11.3 Å². The van der Waals surface area contributed by atoms with Crippen LogP contribution >= 0.6 is 15.9 Å². The third-order valence-corrected chi connectivity index (χ3v) is 3.56. The quantitative estimate of drug-likeness (QED) is 0.701. The first-order valence-corrected chi connectivity index (χ1v) is 7.47. The minimum absolute atomic E-state index is 0.163. The zero-order valence-electron chi connectivity index (χ0n) is 12.4. The van der Waals surface area contributed by atoms with Gasteiger partial charge in [0.15, 0.2) is 0 Å². The molecule has 2 unspecified atom stereocenters. The average molecular weight is 397 g/mol. The zero-order chi connectivity index (χ0) is 17.8. The number of amides is 2. The minimum Gasteiger partial charge on any atom is -0.465 e. The van der Waals surface area contributed by atoms with E-state index in [2.05, 4.69) is 26.6 Å². The summed E-state index contributed by atoms with van der Waals surface area (Å²) in [5, 5.41) is 13.0. The summed E-state index contributed by atoms with van der Waals surface area (Å²) in [5.74, 6) is -1.28. The molecule has 0 fully saturated rings. The summed E-state index contributed by atoms with van der Waals surface area (Å²) in [6.07, 6.45) is -5.67. The van der Waals surface area contributed by atoms with Gasteiger partial charge in [0, 0.05) is 16.4 Å². The van der Waals surface area contributed by atoms with Crippen LogP contribution in [0.15, 0.2) is 22.7 Å². The Balaban J connectivity index is 2.83. The molecule has 5 nitrogen and oxygen atoms in total. The first-order chi connectivity index (χ1) is 10.5. The summed E-state index contributed by atoms with van der Waals surface area (Å²) >= 11 is 2.96. The first kappa shape index (κ1) is 19.3. The smallest absolute Gasteiger partial charge is 0.418 e. The fourth-order valence-corrected chi connectivity index (χ4v) is 2.38. The molecule has 0 aliphatic rings. The third-order valence-electron chi connectivity index (χ3n) is 3.07. The number of carbonyl (C=O) groups is 2. The Bertz CT molecular complexity index is 593. The van der Waals surface area contributed by atoms with Gasteiger partial charge in [-0.3, -0.25) is 4.79 Å². The second kappa shape index (κ2) is 7.67. The Labute approximate surface area is 139 Å². The van der Waals surface area contributed by atoms with Crippen molar-refractivity contribution in [3.05, 3.63) is 28.2 Å². The van der Waals surface area contributed by atoms with Crippen molar-refractivity contribution in [1.29, 1.82) is 0 Å². The molecule has 0 aliphatic carbocycles. The van der Waals surface area contributed by atoms with Crippen molar-refractivity contribution in [2.75, 3.05) is 5.32 Å². The molecule has 2 atom stereocenters. The van der Waals surface area contributed by atoms with Crippen molar-refractivity contribution >= 4 is 33.6 Å². The van der Waals surface area contributed by atoms with Crippen LogP contribution in [0.5, 0.6) is 0 Å². The van der Waals surface area contributed by atoms with Gasteiger partial charge < -0.3 is 15.7 Å². The standard InChI is InChI=1S/C14H16BrF3N2O3/c1-7(5-8(2)19-13(22)23)12(21)20-11-4-3-9(15)6-10(11)14(16,17)18/h3-4,6-8,19H,5H2,1-2H3,(H,20,21)(H,22,23).